The van der Waals surface area contributed by atoms with Crippen molar-refractivity contribution >= 4 is 33.2 Å². The standard InChI is InChI=1S/C10H12BrNO2S.C2H6/c1-10(2)8-6(5-7(11)15-8)9(14)12(10)3-4-13;1-2/h5,13H,3-4H2,1-2H3;1-2H3. The molecule has 17 heavy (non-hydrogen) atoms. The van der Waals surface area contributed by atoms with Crippen molar-refractivity contribution < 1.29 is 9.90 Å². The van der Waals surface area contributed by atoms with Gasteiger partial charge in [-0.1, -0.05) is 13.8 Å². The van der Waals surface area contributed by atoms with Crippen LogP contribution in [0.15, 0.2) is 9.85 Å². The minimum absolute atomic E-state index is 0.00524. The number of halogens is 1. The summed E-state index contributed by atoms with van der Waals surface area (Å²) in [4.78, 5) is 14.8. The predicted molar refractivity (Wildman–Crippen MR) is 74.5 cm³/mol. The summed E-state index contributed by atoms with van der Waals surface area (Å²) >= 11 is 4.98. The fraction of sp³-hybridized carbons (Fsp3) is 0.583. The molecule has 0 fully saturated rings. The number of aliphatic hydroxyl groups excluding tert-OH is 1. The number of aliphatic hydroxyl groups is 1. The zero-order valence-electron chi connectivity index (χ0n) is 10.6. The first-order valence-electron chi connectivity index (χ1n) is 5.71. The lowest BCUT2D eigenvalue weighted by Crippen LogP contribution is -2.40. The molecule has 1 aromatic rings. The van der Waals surface area contributed by atoms with E-state index >= 15 is 0 Å². The highest BCUT2D eigenvalue weighted by Gasteiger charge is 2.44. The molecule has 0 aromatic carbocycles. The van der Waals surface area contributed by atoms with Crippen molar-refractivity contribution in [2.75, 3.05) is 13.2 Å². The lowest BCUT2D eigenvalue weighted by Gasteiger charge is -2.31. The molecule has 0 unspecified atom stereocenters. The van der Waals surface area contributed by atoms with Crippen LogP contribution in [0.5, 0.6) is 0 Å². The third-order valence-electron chi connectivity index (χ3n) is 2.73. The maximum atomic E-state index is 12.0. The highest BCUT2D eigenvalue weighted by atomic mass is 79.9. The van der Waals surface area contributed by atoms with Crippen LogP contribution in [0.2, 0.25) is 0 Å². The SMILES string of the molecule is CC.CC1(C)c2sc(Br)cc2C(=O)N1CCO. The summed E-state index contributed by atoms with van der Waals surface area (Å²) in [6.07, 6.45) is 0. The summed E-state index contributed by atoms with van der Waals surface area (Å²) < 4.78 is 0.984. The molecule has 1 amide bonds. The van der Waals surface area contributed by atoms with Crippen LogP contribution in [0.25, 0.3) is 0 Å². The number of carbonyl (C=O) groups excluding carboxylic acids is 1. The number of nitrogens with zero attached hydrogens (tertiary/aromatic N) is 1. The third-order valence-corrected chi connectivity index (χ3v) is 4.68. The van der Waals surface area contributed by atoms with Crippen LogP contribution in [0.4, 0.5) is 0 Å². The fourth-order valence-corrected chi connectivity index (χ4v) is 3.68. The van der Waals surface area contributed by atoms with E-state index in [9.17, 15) is 4.79 Å². The van der Waals surface area contributed by atoms with Gasteiger partial charge in [0.2, 0.25) is 0 Å². The second kappa shape index (κ2) is 5.50. The van der Waals surface area contributed by atoms with Gasteiger partial charge in [-0.05, 0) is 35.8 Å². The summed E-state index contributed by atoms with van der Waals surface area (Å²) in [5.74, 6) is 0.0194. The summed E-state index contributed by atoms with van der Waals surface area (Å²) in [6.45, 7) is 8.42. The van der Waals surface area contributed by atoms with E-state index in [0.717, 1.165) is 14.2 Å². The van der Waals surface area contributed by atoms with E-state index in [4.69, 9.17) is 5.11 Å². The van der Waals surface area contributed by atoms with Gasteiger partial charge in [0, 0.05) is 11.4 Å². The molecule has 0 radical (unpaired) electrons. The Morgan fingerprint density at radius 3 is 2.53 bits per heavy atom. The molecule has 3 nitrogen and oxygen atoms in total. The minimum atomic E-state index is -0.300. The molecule has 0 saturated heterocycles. The molecular formula is C12H18BrNO2S. The van der Waals surface area contributed by atoms with Gasteiger partial charge in [0.15, 0.2) is 0 Å². The predicted octanol–water partition coefficient (Wildman–Crippen LogP) is 3.22. The number of β-amino-alcohol motifs (C(OH)–C–C–N with tert-alkyl or cyclic N) is 1. The van der Waals surface area contributed by atoms with Gasteiger partial charge in [0.25, 0.3) is 5.91 Å². The highest BCUT2D eigenvalue weighted by Crippen LogP contribution is 2.44. The first-order chi connectivity index (χ1) is 7.98. The molecule has 0 aliphatic carbocycles. The van der Waals surface area contributed by atoms with Crippen LogP contribution in [0.3, 0.4) is 0 Å². The van der Waals surface area contributed by atoms with Crippen LogP contribution in [-0.4, -0.2) is 29.1 Å². The first kappa shape index (κ1) is 14.7. The Hall–Kier alpha value is -0.390. The Balaban J connectivity index is 0.000000686. The molecule has 2 heterocycles. The van der Waals surface area contributed by atoms with Gasteiger partial charge < -0.3 is 10.0 Å². The van der Waals surface area contributed by atoms with E-state index in [1.165, 1.54) is 0 Å². The number of fused-ring (bicyclic) bond motifs is 1. The molecular weight excluding hydrogens is 302 g/mol. The molecule has 0 bridgehead atoms. The largest absolute Gasteiger partial charge is 0.395 e. The summed E-state index contributed by atoms with van der Waals surface area (Å²) in [6, 6.07) is 1.86. The lowest BCUT2D eigenvalue weighted by atomic mass is 10.0. The van der Waals surface area contributed by atoms with Crippen LogP contribution in [0.1, 0.15) is 42.9 Å². The fourth-order valence-electron chi connectivity index (χ4n) is 1.98. The monoisotopic (exact) mass is 319 g/mol. The van der Waals surface area contributed by atoms with Crippen molar-refractivity contribution in [3.63, 3.8) is 0 Å². The van der Waals surface area contributed by atoms with Crippen LogP contribution in [-0.2, 0) is 5.54 Å². The van der Waals surface area contributed by atoms with E-state index < -0.39 is 0 Å². The molecule has 2 rings (SSSR count). The normalized spacial score (nSPS) is 16.6. The molecule has 1 aliphatic rings. The molecule has 0 spiro atoms. The maximum absolute atomic E-state index is 12.0. The average molecular weight is 320 g/mol. The van der Waals surface area contributed by atoms with Gasteiger partial charge in [-0.25, -0.2) is 0 Å². The Labute approximate surface area is 115 Å². The first-order valence-corrected chi connectivity index (χ1v) is 7.32. The Bertz CT molecular complexity index is 415. The van der Waals surface area contributed by atoms with Crippen molar-refractivity contribution in [2.45, 2.75) is 33.2 Å². The number of hydrogen-bond acceptors (Lipinski definition) is 3. The van der Waals surface area contributed by atoms with Crippen LogP contribution >= 0.6 is 27.3 Å². The smallest absolute Gasteiger partial charge is 0.255 e. The molecule has 1 N–H and O–H groups in total. The van der Waals surface area contributed by atoms with Gasteiger partial charge in [-0.15, -0.1) is 11.3 Å². The summed E-state index contributed by atoms with van der Waals surface area (Å²) in [7, 11) is 0. The highest BCUT2D eigenvalue weighted by molar-refractivity contribution is 9.11. The van der Waals surface area contributed by atoms with E-state index in [1.807, 2.05) is 33.8 Å². The second-order valence-corrected chi connectivity index (χ2v) is 6.46. The zero-order chi connectivity index (χ0) is 13.2. The van der Waals surface area contributed by atoms with Crippen LogP contribution in [0, 0.1) is 0 Å². The molecule has 96 valence electrons. The number of amides is 1. The van der Waals surface area contributed by atoms with Gasteiger partial charge in [0.05, 0.1) is 21.5 Å². The van der Waals surface area contributed by atoms with Gasteiger partial charge >= 0.3 is 0 Å². The number of thiophene rings is 1. The third kappa shape index (κ3) is 2.41. The Morgan fingerprint density at radius 1 is 1.47 bits per heavy atom. The molecule has 1 aliphatic heterocycles. The quantitative estimate of drug-likeness (QED) is 0.909. The second-order valence-electron chi connectivity index (χ2n) is 4.03. The Kier molecular flexibility index (Phi) is 4.75. The number of hydrogen-bond donors (Lipinski definition) is 1. The minimum Gasteiger partial charge on any atom is -0.395 e. The van der Waals surface area contributed by atoms with E-state index in [-0.39, 0.29) is 18.1 Å². The maximum Gasteiger partial charge on any atom is 0.255 e. The van der Waals surface area contributed by atoms with Crippen molar-refractivity contribution in [3.8, 4) is 0 Å². The van der Waals surface area contributed by atoms with Crippen molar-refractivity contribution in [1.29, 1.82) is 0 Å². The van der Waals surface area contributed by atoms with Gasteiger partial charge in [-0.2, -0.15) is 0 Å². The molecule has 0 saturated carbocycles. The van der Waals surface area contributed by atoms with Crippen molar-refractivity contribution in [3.05, 3.63) is 20.3 Å². The van der Waals surface area contributed by atoms with Crippen molar-refractivity contribution in [1.82, 2.24) is 4.90 Å². The van der Waals surface area contributed by atoms with Gasteiger partial charge in [-0.3, -0.25) is 4.79 Å². The lowest BCUT2D eigenvalue weighted by molar-refractivity contribution is 0.0565. The Morgan fingerprint density at radius 2 is 2.06 bits per heavy atom. The number of carbonyl (C=O) groups is 1. The van der Waals surface area contributed by atoms with Gasteiger partial charge in [0.1, 0.15) is 0 Å². The summed E-state index contributed by atoms with van der Waals surface area (Å²) in [5.41, 5.74) is 0.469. The topological polar surface area (TPSA) is 40.5 Å². The van der Waals surface area contributed by atoms with E-state index in [0.29, 0.717) is 6.54 Å². The summed E-state index contributed by atoms with van der Waals surface area (Å²) in [5, 5.41) is 8.95. The van der Waals surface area contributed by atoms with E-state index in [2.05, 4.69) is 15.9 Å². The molecule has 5 heteroatoms. The van der Waals surface area contributed by atoms with E-state index in [1.54, 1.807) is 16.2 Å². The molecule has 1 aromatic heterocycles. The molecule has 0 atom stereocenters. The zero-order valence-corrected chi connectivity index (χ0v) is 13.0. The van der Waals surface area contributed by atoms with Crippen molar-refractivity contribution in [2.24, 2.45) is 0 Å². The average Bonchev–Trinajstić information content (AvgIpc) is 2.76. The van der Waals surface area contributed by atoms with Crippen LogP contribution < -0.4 is 0 Å². The number of rotatable bonds is 2.